The minimum absolute atomic E-state index is 0.118. The lowest BCUT2D eigenvalue weighted by Crippen LogP contribution is -2.19. The van der Waals surface area contributed by atoms with Crippen LogP contribution in [0.2, 0.25) is 0 Å². The van der Waals surface area contributed by atoms with Crippen molar-refractivity contribution in [2.75, 3.05) is 6.61 Å². The van der Waals surface area contributed by atoms with Crippen LogP contribution in [0.15, 0.2) is 30.5 Å². The number of benzene rings is 1. The maximum absolute atomic E-state index is 13.3. The SMILES string of the molecule is CCOC(=O)c1cnn(-c2ccccc2[N+](=O)[O-])c1C(F)(F)F. The Balaban J connectivity index is 2.70. The van der Waals surface area contributed by atoms with E-state index in [4.69, 9.17) is 0 Å². The molecule has 2 aromatic rings. The molecule has 0 aliphatic carbocycles. The number of ether oxygens (including phenoxy) is 1. The highest BCUT2D eigenvalue weighted by atomic mass is 19.4. The molecule has 0 saturated carbocycles. The van der Waals surface area contributed by atoms with Crippen LogP contribution in [-0.2, 0) is 10.9 Å². The van der Waals surface area contributed by atoms with Crippen molar-refractivity contribution in [2.24, 2.45) is 0 Å². The molecule has 1 heterocycles. The number of alkyl halides is 3. The highest BCUT2D eigenvalue weighted by Gasteiger charge is 2.42. The van der Waals surface area contributed by atoms with Gasteiger partial charge in [0.25, 0.3) is 5.69 Å². The lowest BCUT2D eigenvalue weighted by molar-refractivity contribution is -0.384. The number of nitro groups is 1. The molecule has 0 unspecified atom stereocenters. The van der Waals surface area contributed by atoms with Gasteiger partial charge in [0.15, 0.2) is 5.69 Å². The molecule has 0 radical (unpaired) electrons. The van der Waals surface area contributed by atoms with Gasteiger partial charge in [0.2, 0.25) is 0 Å². The third-order valence-electron chi connectivity index (χ3n) is 2.84. The third-order valence-corrected chi connectivity index (χ3v) is 2.84. The van der Waals surface area contributed by atoms with Gasteiger partial charge < -0.3 is 4.74 Å². The van der Waals surface area contributed by atoms with Gasteiger partial charge in [-0.3, -0.25) is 10.1 Å². The number of hydrogen-bond donors (Lipinski definition) is 0. The van der Waals surface area contributed by atoms with Crippen LogP contribution in [0.5, 0.6) is 0 Å². The van der Waals surface area contributed by atoms with Crippen LogP contribution in [0.4, 0.5) is 18.9 Å². The molecule has 10 heteroatoms. The second kappa shape index (κ2) is 6.07. The van der Waals surface area contributed by atoms with Crippen molar-refractivity contribution in [1.29, 1.82) is 0 Å². The van der Waals surface area contributed by atoms with Gasteiger partial charge in [-0.15, -0.1) is 0 Å². The molecule has 0 atom stereocenters. The van der Waals surface area contributed by atoms with E-state index < -0.39 is 39.7 Å². The van der Waals surface area contributed by atoms with Crippen LogP contribution in [0.1, 0.15) is 23.0 Å². The predicted molar refractivity (Wildman–Crippen MR) is 71.2 cm³/mol. The Kier molecular flexibility index (Phi) is 4.34. The molecule has 1 aromatic carbocycles. The summed E-state index contributed by atoms with van der Waals surface area (Å²) >= 11 is 0. The van der Waals surface area contributed by atoms with E-state index in [1.54, 1.807) is 0 Å². The zero-order valence-corrected chi connectivity index (χ0v) is 11.7. The number of nitrogens with zero attached hydrogens (tertiary/aromatic N) is 3. The normalized spacial score (nSPS) is 11.3. The van der Waals surface area contributed by atoms with E-state index in [9.17, 15) is 28.1 Å². The number of carbonyl (C=O) groups excluding carboxylic acids is 1. The number of carbonyl (C=O) groups is 1. The van der Waals surface area contributed by atoms with E-state index in [1.807, 2.05) is 0 Å². The zero-order valence-electron chi connectivity index (χ0n) is 11.7. The van der Waals surface area contributed by atoms with Crippen molar-refractivity contribution < 1.29 is 27.6 Å². The summed E-state index contributed by atoms with van der Waals surface area (Å²) in [6.45, 7) is 1.32. The third kappa shape index (κ3) is 3.15. The number of nitro benzene ring substituents is 1. The standard InChI is InChI=1S/C13H10F3N3O4/c1-2-23-12(20)8-7-17-18(11(8)13(14,15)16)9-5-3-4-6-10(9)19(21)22/h3-7H,2H2,1H3. The molecule has 0 N–H and O–H groups in total. The highest BCUT2D eigenvalue weighted by Crippen LogP contribution is 2.35. The molecule has 0 fully saturated rings. The molecule has 122 valence electrons. The van der Waals surface area contributed by atoms with Gasteiger partial charge in [-0.1, -0.05) is 12.1 Å². The first-order chi connectivity index (χ1) is 10.8. The quantitative estimate of drug-likeness (QED) is 0.489. The molecule has 0 amide bonds. The maximum Gasteiger partial charge on any atom is 0.434 e. The van der Waals surface area contributed by atoms with Crippen molar-refractivity contribution in [2.45, 2.75) is 13.1 Å². The summed E-state index contributed by atoms with van der Waals surface area (Å²) in [6, 6.07) is 4.79. The molecule has 0 bridgehead atoms. The van der Waals surface area contributed by atoms with Crippen LogP contribution in [0.3, 0.4) is 0 Å². The molecule has 0 saturated heterocycles. The van der Waals surface area contributed by atoms with E-state index in [1.165, 1.54) is 19.1 Å². The molecule has 2 rings (SSSR count). The fourth-order valence-corrected chi connectivity index (χ4v) is 1.96. The van der Waals surface area contributed by atoms with Gasteiger partial charge in [0, 0.05) is 6.07 Å². The Hall–Kier alpha value is -2.91. The molecule has 1 aromatic heterocycles. The average molecular weight is 329 g/mol. The number of hydrogen-bond acceptors (Lipinski definition) is 5. The summed E-state index contributed by atoms with van der Waals surface area (Å²) in [7, 11) is 0. The summed E-state index contributed by atoms with van der Waals surface area (Å²) < 4.78 is 44.9. The molecular weight excluding hydrogens is 319 g/mol. The Bertz CT molecular complexity index is 755. The van der Waals surface area contributed by atoms with Crippen LogP contribution >= 0.6 is 0 Å². The Labute approximate surface area is 127 Å². The zero-order chi connectivity index (χ0) is 17.2. The van der Waals surface area contributed by atoms with Gasteiger partial charge >= 0.3 is 12.1 Å². The number of aromatic nitrogens is 2. The molecular formula is C13H10F3N3O4. The van der Waals surface area contributed by atoms with Crippen LogP contribution in [-0.4, -0.2) is 27.3 Å². The molecule has 0 aliphatic heterocycles. The largest absolute Gasteiger partial charge is 0.462 e. The average Bonchev–Trinajstić information content (AvgIpc) is 2.92. The second-order valence-corrected chi connectivity index (χ2v) is 4.28. The Morgan fingerprint density at radius 1 is 1.39 bits per heavy atom. The van der Waals surface area contributed by atoms with Crippen LogP contribution in [0.25, 0.3) is 5.69 Å². The molecule has 0 aliphatic rings. The second-order valence-electron chi connectivity index (χ2n) is 4.28. The lowest BCUT2D eigenvalue weighted by Gasteiger charge is -2.12. The summed E-state index contributed by atoms with van der Waals surface area (Å²) in [5.74, 6) is -1.20. The molecule has 0 spiro atoms. The maximum atomic E-state index is 13.3. The van der Waals surface area contributed by atoms with Crippen molar-refractivity contribution >= 4 is 11.7 Å². The monoisotopic (exact) mass is 329 g/mol. The van der Waals surface area contributed by atoms with Crippen molar-refractivity contribution in [1.82, 2.24) is 9.78 Å². The first kappa shape index (κ1) is 16.5. The lowest BCUT2D eigenvalue weighted by atomic mass is 10.2. The van der Waals surface area contributed by atoms with Crippen molar-refractivity contribution in [3.63, 3.8) is 0 Å². The number of esters is 1. The number of para-hydroxylation sites is 2. The van der Waals surface area contributed by atoms with Gasteiger partial charge in [0.1, 0.15) is 11.3 Å². The predicted octanol–water partition coefficient (Wildman–Crippen LogP) is 2.98. The Morgan fingerprint density at radius 3 is 2.61 bits per heavy atom. The van der Waals surface area contributed by atoms with Gasteiger partial charge in [0.05, 0.1) is 17.7 Å². The summed E-state index contributed by atoms with van der Waals surface area (Å²) in [5.41, 5.74) is -3.21. The first-order valence-corrected chi connectivity index (χ1v) is 6.33. The topological polar surface area (TPSA) is 87.3 Å². The fourth-order valence-electron chi connectivity index (χ4n) is 1.96. The molecule has 7 nitrogen and oxygen atoms in total. The minimum atomic E-state index is -4.96. The van der Waals surface area contributed by atoms with Crippen LogP contribution in [0, 0.1) is 10.1 Å². The molecule has 23 heavy (non-hydrogen) atoms. The van der Waals surface area contributed by atoms with E-state index in [0.29, 0.717) is 10.9 Å². The fraction of sp³-hybridized carbons (Fsp3) is 0.231. The van der Waals surface area contributed by atoms with Gasteiger partial charge in [-0.2, -0.15) is 18.3 Å². The van der Waals surface area contributed by atoms with Gasteiger partial charge in [-0.25, -0.2) is 9.48 Å². The number of halogens is 3. The number of rotatable bonds is 4. The van der Waals surface area contributed by atoms with E-state index in [-0.39, 0.29) is 6.61 Å². The van der Waals surface area contributed by atoms with E-state index in [2.05, 4.69) is 9.84 Å². The summed E-state index contributed by atoms with van der Waals surface area (Å²) in [6.07, 6.45) is -4.28. The van der Waals surface area contributed by atoms with Gasteiger partial charge in [-0.05, 0) is 13.0 Å². The smallest absolute Gasteiger partial charge is 0.434 e. The first-order valence-electron chi connectivity index (χ1n) is 6.33. The van der Waals surface area contributed by atoms with Crippen LogP contribution < -0.4 is 0 Å². The summed E-state index contributed by atoms with van der Waals surface area (Å²) in [4.78, 5) is 21.8. The van der Waals surface area contributed by atoms with E-state index in [0.717, 1.165) is 12.1 Å². The van der Waals surface area contributed by atoms with Crippen molar-refractivity contribution in [3.05, 3.63) is 51.8 Å². The summed E-state index contributed by atoms with van der Waals surface area (Å²) in [5, 5.41) is 14.5. The highest BCUT2D eigenvalue weighted by molar-refractivity contribution is 5.91. The van der Waals surface area contributed by atoms with Crippen molar-refractivity contribution in [3.8, 4) is 5.69 Å². The van der Waals surface area contributed by atoms with E-state index >= 15 is 0 Å². The minimum Gasteiger partial charge on any atom is -0.462 e. The Morgan fingerprint density at radius 2 is 2.04 bits per heavy atom.